The van der Waals surface area contributed by atoms with E-state index in [0.29, 0.717) is 12.2 Å². The fourth-order valence-electron chi connectivity index (χ4n) is 3.60. The van der Waals surface area contributed by atoms with Crippen LogP contribution in [0.1, 0.15) is 40.0 Å². The number of nitrogens with zero attached hydrogens (tertiary/aromatic N) is 1. The minimum atomic E-state index is 0.186. The first-order valence-corrected chi connectivity index (χ1v) is 8.36. The van der Waals surface area contributed by atoms with Crippen molar-refractivity contribution < 1.29 is 4.74 Å². The van der Waals surface area contributed by atoms with Gasteiger partial charge in [0.1, 0.15) is 0 Å². The third-order valence-corrected chi connectivity index (χ3v) is 5.82. The van der Waals surface area contributed by atoms with Gasteiger partial charge in [-0.3, -0.25) is 4.90 Å². The van der Waals surface area contributed by atoms with E-state index in [4.69, 9.17) is 10.5 Å². The van der Waals surface area contributed by atoms with Crippen LogP contribution in [0.4, 0.5) is 0 Å². The molecule has 0 amide bonds. The van der Waals surface area contributed by atoms with E-state index in [-0.39, 0.29) is 5.54 Å². The van der Waals surface area contributed by atoms with Gasteiger partial charge in [0.05, 0.1) is 12.2 Å². The predicted molar refractivity (Wildman–Crippen MR) is 79.1 cm³/mol. The van der Waals surface area contributed by atoms with Crippen molar-refractivity contribution in [3.8, 4) is 0 Å². The highest BCUT2D eigenvalue weighted by atomic mass is 32.2. The Morgan fingerprint density at radius 3 is 2.56 bits per heavy atom. The Bertz CT molecular complexity index is 265. The minimum absolute atomic E-state index is 0.186. The lowest BCUT2D eigenvalue weighted by Crippen LogP contribution is -2.62. The summed E-state index contributed by atoms with van der Waals surface area (Å²) in [4.78, 5) is 2.67. The molecule has 0 aromatic carbocycles. The Balaban J connectivity index is 2.10. The Kier molecular flexibility index (Phi) is 4.98. The maximum atomic E-state index is 6.18. The molecule has 2 heterocycles. The van der Waals surface area contributed by atoms with E-state index in [2.05, 4.69) is 37.4 Å². The van der Waals surface area contributed by atoms with Gasteiger partial charge in [0.25, 0.3) is 0 Å². The van der Waals surface area contributed by atoms with Crippen LogP contribution in [0.25, 0.3) is 0 Å². The van der Waals surface area contributed by atoms with Gasteiger partial charge in [0.2, 0.25) is 0 Å². The molecule has 3 atom stereocenters. The van der Waals surface area contributed by atoms with Crippen LogP contribution >= 0.6 is 11.8 Å². The summed E-state index contributed by atoms with van der Waals surface area (Å²) in [5.74, 6) is 1.25. The van der Waals surface area contributed by atoms with E-state index >= 15 is 0 Å². The molecule has 0 aliphatic carbocycles. The van der Waals surface area contributed by atoms with Crippen molar-refractivity contribution >= 4 is 11.8 Å². The first-order valence-electron chi connectivity index (χ1n) is 7.32. The van der Waals surface area contributed by atoms with E-state index in [1.807, 2.05) is 0 Å². The van der Waals surface area contributed by atoms with Crippen molar-refractivity contribution in [3.63, 3.8) is 0 Å². The summed E-state index contributed by atoms with van der Waals surface area (Å²) in [6.07, 6.45) is 4.13. The van der Waals surface area contributed by atoms with E-state index in [0.717, 1.165) is 24.6 Å². The van der Waals surface area contributed by atoms with Crippen LogP contribution in [0.2, 0.25) is 0 Å². The Morgan fingerprint density at radius 1 is 1.33 bits per heavy atom. The summed E-state index contributed by atoms with van der Waals surface area (Å²) in [5, 5.41) is 0.788. The molecule has 0 bridgehead atoms. The molecule has 2 aliphatic heterocycles. The summed E-state index contributed by atoms with van der Waals surface area (Å²) in [7, 11) is 0. The molecule has 4 heteroatoms. The molecule has 2 rings (SSSR count). The van der Waals surface area contributed by atoms with E-state index in [9.17, 15) is 0 Å². The zero-order chi connectivity index (χ0) is 13.2. The number of rotatable bonds is 3. The molecule has 2 saturated heterocycles. The highest BCUT2D eigenvalue weighted by Crippen LogP contribution is 2.36. The second-order valence-electron chi connectivity index (χ2n) is 5.94. The highest BCUT2D eigenvalue weighted by Gasteiger charge is 2.43. The lowest BCUT2D eigenvalue weighted by Gasteiger charge is -2.51. The van der Waals surface area contributed by atoms with E-state index in [1.165, 1.54) is 25.3 Å². The van der Waals surface area contributed by atoms with Crippen LogP contribution in [0.3, 0.4) is 0 Å². The molecular formula is C14H28N2OS. The number of hydrogen-bond acceptors (Lipinski definition) is 4. The van der Waals surface area contributed by atoms with E-state index < -0.39 is 0 Å². The molecule has 106 valence electrons. The lowest BCUT2D eigenvalue weighted by atomic mass is 9.82. The van der Waals surface area contributed by atoms with Gasteiger partial charge in [-0.15, -0.1) is 0 Å². The molecule has 2 aliphatic rings. The minimum Gasteiger partial charge on any atom is -0.375 e. The Morgan fingerprint density at radius 2 is 2.00 bits per heavy atom. The van der Waals surface area contributed by atoms with Gasteiger partial charge in [-0.1, -0.05) is 6.92 Å². The first-order chi connectivity index (χ1) is 8.59. The monoisotopic (exact) mass is 272 g/mol. The van der Waals surface area contributed by atoms with Crippen molar-refractivity contribution in [2.45, 2.75) is 63.0 Å². The smallest absolute Gasteiger partial charge is 0.0568 e. The Hall–Kier alpha value is 0.230. The average molecular weight is 272 g/mol. The van der Waals surface area contributed by atoms with Gasteiger partial charge in [-0.2, -0.15) is 11.8 Å². The summed E-state index contributed by atoms with van der Waals surface area (Å²) < 4.78 is 5.90. The third kappa shape index (κ3) is 3.03. The fourth-order valence-corrected chi connectivity index (χ4v) is 4.78. The molecule has 2 fully saturated rings. The highest BCUT2D eigenvalue weighted by molar-refractivity contribution is 8.00. The first kappa shape index (κ1) is 14.6. The van der Waals surface area contributed by atoms with Crippen molar-refractivity contribution in [3.05, 3.63) is 0 Å². The SMILES string of the molecule is CCC1CN(C2(CN)CC(C)OC(C)C2)CCS1. The van der Waals surface area contributed by atoms with Crippen LogP contribution in [-0.4, -0.2) is 53.3 Å². The van der Waals surface area contributed by atoms with Crippen molar-refractivity contribution in [2.24, 2.45) is 5.73 Å². The second-order valence-corrected chi connectivity index (χ2v) is 7.35. The molecule has 3 nitrogen and oxygen atoms in total. The average Bonchev–Trinajstić information content (AvgIpc) is 2.37. The number of ether oxygens (including phenoxy) is 1. The van der Waals surface area contributed by atoms with Gasteiger partial charge < -0.3 is 10.5 Å². The Labute approximate surface area is 116 Å². The standard InChI is InChI=1S/C14H28N2OS/c1-4-13-9-16(5-6-18-13)14(10-15)7-11(2)17-12(3)8-14/h11-13H,4-10,15H2,1-3H3. The molecule has 0 aromatic rings. The van der Waals surface area contributed by atoms with Crippen molar-refractivity contribution in [1.82, 2.24) is 4.90 Å². The van der Waals surface area contributed by atoms with Gasteiger partial charge >= 0.3 is 0 Å². The largest absolute Gasteiger partial charge is 0.375 e. The van der Waals surface area contributed by atoms with Crippen LogP contribution in [0.15, 0.2) is 0 Å². The maximum absolute atomic E-state index is 6.18. The molecule has 2 N–H and O–H groups in total. The van der Waals surface area contributed by atoms with Crippen LogP contribution in [0.5, 0.6) is 0 Å². The fraction of sp³-hybridized carbons (Fsp3) is 1.00. The van der Waals surface area contributed by atoms with Crippen LogP contribution in [0, 0.1) is 0 Å². The molecule has 3 unspecified atom stereocenters. The topological polar surface area (TPSA) is 38.5 Å². The van der Waals surface area contributed by atoms with Crippen molar-refractivity contribution in [2.75, 3.05) is 25.4 Å². The molecule has 0 saturated carbocycles. The van der Waals surface area contributed by atoms with Crippen LogP contribution in [-0.2, 0) is 4.74 Å². The molecule has 0 radical (unpaired) electrons. The van der Waals surface area contributed by atoms with Gasteiger partial charge in [0.15, 0.2) is 0 Å². The predicted octanol–water partition coefficient (Wildman–Crippen LogP) is 2.10. The van der Waals surface area contributed by atoms with Crippen LogP contribution < -0.4 is 5.73 Å². The zero-order valence-electron chi connectivity index (χ0n) is 12.0. The molecule has 18 heavy (non-hydrogen) atoms. The molecule has 0 spiro atoms. The number of hydrogen-bond donors (Lipinski definition) is 1. The summed E-state index contributed by atoms with van der Waals surface area (Å²) >= 11 is 2.13. The number of thioether (sulfide) groups is 1. The van der Waals surface area contributed by atoms with Gasteiger partial charge in [-0.25, -0.2) is 0 Å². The summed E-state index contributed by atoms with van der Waals surface area (Å²) in [6.45, 7) is 9.85. The second kappa shape index (κ2) is 6.12. The normalized spacial score (nSPS) is 43.0. The quantitative estimate of drug-likeness (QED) is 0.854. The third-order valence-electron chi connectivity index (χ3n) is 4.44. The van der Waals surface area contributed by atoms with Crippen molar-refractivity contribution in [1.29, 1.82) is 0 Å². The van der Waals surface area contributed by atoms with E-state index in [1.54, 1.807) is 0 Å². The maximum Gasteiger partial charge on any atom is 0.0568 e. The van der Waals surface area contributed by atoms with Gasteiger partial charge in [0, 0.05) is 36.2 Å². The summed E-state index contributed by atoms with van der Waals surface area (Å²) in [6, 6.07) is 0. The van der Waals surface area contributed by atoms with Gasteiger partial charge in [-0.05, 0) is 33.1 Å². The zero-order valence-corrected chi connectivity index (χ0v) is 12.8. The molecule has 0 aromatic heterocycles. The number of nitrogens with two attached hydrogens (primary N) is 1. The summed E-state index contributed by atoms with van der Waals surface area (Å²) in [5.41, 5.74) is 6.36. The molecular weight excluding hydrogens is 244 g/mol. The lowest BCUT2D eigenvalue weighted by molar-refractivity contribution is -0.102.